The largest absolute Gasteiger partial charge is 0.508 e. The van der Waals surface area contributed by atoms with Crippen molar-refractivity contribution >= 4 is 40.4 Å². The first-order valence-corrected chi connectivity index (χ1v) is 20.0. The Morgan fingerprint density at radius 3 is 2.23 bits per heavy atom. The van der Waals surface area contributed by atoms with E-state index in [2.05, 4.69) is 27.9 Å². The molecule has 0 aliphatic carbocycles. The fraction of sp³-hybridized carbons (Fsp3) is 0.432. The van der Waals surface area contributed by atoms with Gasteiger partial charge < -0.3 is 42.4 Å². The molecule has 5 atom stereocenters. The lowest BCUT2D eigenvalue weighted by Crippen LogP contribution is -2.59. The molecule has 304 valence electrons. The third-order valence-corrected chi connectivity index (χ3v) is 10.9. The number of likely N-dealkylation sites (tertiary alicyclic amines) is 1. The number of amides is 5. The van der Waals surface area contributed by atoms with Crippen molar-refractivity contribution in [3.8, 4) is 5.75 Å². The Kier molecular flexibility index (Phi) is 14.9. The fourth-order valence-corrected chi connectivity index (χ4v) is 7.74. The number of para-hydroxylation sites is 1. The number of aromatic amines is 1. The van der Waals surface area contributed by atoms with Crippen molar-refractivity contribution in [2.24, 2.45) is 11.5 Å². The van der Waals surface area contributed by atoms with Gasteiger partial charge in [-0.3, -0.25) is 24.0 Å². The smallest absolute Gasteiger partial charge is 0.246 e. The Balaban J connectivity index is 1.38. The molecule has 1 aliphatic heterocycles. The molecule has 5 rings (SSSR count). The van der Waals surface area contributed by atoms with Gasteiger partial charge >= 0.3 is 0 Å². The third kappa shape index (κ3) is 11.2. The maximum absolute atomic E-state index is 14.5. The van der Waals surface area contributed by atoms with Gasteiger partial charge in [-0.2, -0.15) is 0 Å². The molecule has 9 N–H and O–H groups in total. The average molecular weight is 780 g/mol. The second kappa shape index (κ2) is 19.9. The number of fused-ring (bicyclic) bond motifs is 1. The van der Waals surface area contributed by atoms with Gasteiger partial charge in [0.1, 0.15) is 29.9 Å². The quantitative estimate of drug-likeness (QED) is 0.0700. The second-order valence-corrected chi connectivity index (χ2v) is 15.2. The van der Waals surface area contributed by atoms with Crippen LogP contribution >= 0.6 is 0 Å². The second-order valence-electron chi connectivity index (χ2n) is 15.2. The molecular formula is C44H57N7O6. The lowest BCUT2D eigenvalue weighted by Gasteiger charge is -2.31. The third-order valence-electron chi connectivity index (χ3n) is 10.9. The van der Waals surface area contributed by atoms with E-state index in [1.807, 2.05) is 68.4 Å². The number of H-pyrrole nitrogens is 1. The molecule has 1 aliphatic rings. The maximum Gasteiger partial charge on any atom is 0.246 e. The summed E-state index contributed by atoms with van der Waals surface area (Å²) in [7, 11) is 0. The standard InChI is InChI=1S/C44H57N7O6/c1-4-5-6-10-17-34(45)41(54)50-38(25-33-27(2)21-31(52)22-28(33)3)44(57)51-20-13-19-39(51)43(56)49-37(24-30-26-47-35-18-12-11-16-32(30)35)42(55)48-36(40(46)53)23-29-14-8-7-9-15-29/h7-9,11-12,14-16,18,21-22,26,34,36-39,47,52H,4-6,10,13,17,19-20,23-25,45H2,1-3H3,(H2,46,53)(H,48,55)(H,49,56)(H,50,54)/t34?,36-,37?,38?,39-/m0/s1. The number of primary amides is 1. The lowest BCUT2D eigenvalue weighted by molar-refractivity contribution is -0.142. The number of nitrogens with two attached hydrogens (primary N) is 2. The van der Waals surface area contributed by atoms with Crippen molar-refractivity contribution in [2.75, 3.05) is 6.54 Å². The monoisotopic (exact) mass is 779 g/mol. The summed E-state index contributed by atoms with van der Waals surface area (Å²) in [6.45, 7) is 6.03. The molecule has 0 saturated carbocycles. The number of nitrogens with one attached hydrogen (secondary N) is 4. The highest BCUT2D eigenvalue weighted by atomic mass is 16.3. The number of aromatic hydroxyl groups is 1. The number of hydrogen-bond acceptors (Lipinski definition) is 7. The van der Waals surface area contributed by atoms with Crippen molar-refractivity contribution in [1.29, 1.82) is 0 Å². The summed E-state index contributed by atoms with van der Waals surface area (Å²) in [5.41, 5.74) is 16.8. The molecule has 3 aromatic carbocycles. The van der Waals surface area contributed by atoms with Crippen molar-refractivity contribution in [2.45, 2.75) is 115 Å². The van der Waals surface area contributed by atoms with E-state index in [-0.39, 0.29) is 31.6 Å². The summed E-state index contributed by atoms with van der Waals surface area (Å²) in [5, 5.41) is 19.7. The highest BCUT2D eigenvalue weighted by Gasteiger charge is 2.40. The number of phenols is 1. The zero-order valence-electron chi connectivity index (χ0n) is 33.2. The van der Waals surface area contributed by atoms with Crippen LogP contribution in [-0.4, -0.2) is 81.3 Å². The Morgan fingerprint density at radius 1 is 0.842 bits per heavy atom. The zero-order valence-corrected chi connectivity index (χ0v) is 33.2. The summed E-state index contributed by atoms with van der Waals surface area (Å²) in [6, 6.07) is 15.0. The first kappa shape index (κ1) is 42.5. The highest BCUT2D eigenvalue weighted by molar-refractivity contribution is 5.97. The molecule has 5 amide bonds. The lowest BCUT2D eigenvalue weighted by atomic mass is 9.94. The van der Waals surface area contributed by atoms with Gasteiger partial charge in [-0.25, -0.2) is 0 Å². The van der Waals surface area contributed by atoms with Gasteiger partial charge in [0.25, 0.3) is 0 Å². The Morgan fingerprint density at radius 2 is 1.53 bits per heavy atom. The molecule has 1 saturated heterocycles. The first-order chi connectivity index (χ1) is 27.4. The molecule has 0 spiro atoms. The van der Waals surface area contributed by atoms with Gasteiger partial charge in [0, 0.05) is 42.9 Å². The number of phenolic OH excluding ortho intramolecular Hbond substituents is 1. The number of carbonyl (C=O) groups is 5. The van der Waals surface area contributed by atoms with Gasteiger partial charge in [-0.15, -0.1) is 0 Å². The van der Waals surface area contributed by atoms with Crippen LogP contribution in [0.4, 0.5) is 0 Å². The van der Waals surface area contributed by atoms with E-state index in [4.69, 9.17) is 11.5 Å². The van der Waals surface area contributed by atoms with E-state index in [0.717, 1.165) is 64.4 Å². The molecule has 0 radical (unpaired) electrons. The predicted molar refractivity (Wildman–Crippen MR) is 220 cm³/mol. The van der Waals surface area contributed by atoms with E-state index >= 15 is 0 Å². The fourth-order valence-electron chi connectivity index (χ4n) is 7.74. The van der Waals surface area contributed by atoms with Crippen LogP contribution in [-0.2, 0) is 43.2 Å². The number of rotatable bonds is 19. The van der Waals surface area contributed by atoms with Gasteiger partial charge in [-0.05, 0) is 79.1 Å². The minimum atomic E-state index is -1.13. The summed E-state index contributed by atoms with van der Waals surface area (Å²) >= 11 is 0. The van der Waals surface area contributed by atoms with Crippen LogP contribution in [0.25, 0.3) is 10.9 Å². The normalized spacial score (nSPS) is 16.1. The van der Waals surface area contributed by atoms with Crippen LogP contribution in [0.1, 0.15) is 79.7 Å². The van der Waals surface area contributed by atoms with Crippen molar-refractivity contribution in [3.05, 3.63) is 101 Å². The van der Waals surface area contributed by atoms with Crippen molar-refractivity contribution < 1.29 is 29.1 Å². The molecule has 1 fully saturated rings. The van der Waals surface area contributed by atoms with E-state index in [0.29, 0.717) is 19.3 Å². The van der Waals surface area contributed by atoms with Crippen LogP contribution in [0.5, 0.6) is 5.75 Å². The van der Waals surface area contributed by atoms with Gasteiger partial charge in [0.15, 0.2) is 0 Å². The molecule has 1 aromatic heterocycles. The SMILES string of the molecule is CCCCCCC(N)C(=O)NC(Cc1c(C)cc(O)cc1C)C(=O)N1CCC[C@H]1C(=O)NC(Cc1c[nH]c2ccccc12)C(=O)N[C@@H](Cc1ccccc1)C(N)=O. The Hall–Kier alpha value is -5.69. The van der Waals surface area contributed by atoms with E-state index in [1.165, 1.54) is 4.90 Å². The van der Waals surface area contributed by atoms with Crippen LogP contribution in [0.3, 0.4) is 0 Å². The molecule has 4 aromatic rings. The highest BCUT2D eigenvalue weighted by Crippen LogP contribution is 2.25. The maximum atomic E-state index is 14.5. The predicted octanol–water partition coefficient (Wildman–Crippen LogP) is 3.75. The van der Waals surface area contributed by atoms with Gasteiger partial charge in [-0.1, -0.05) is 81.1 Å². The number of aryl methyl sites for hydroxylation is 2. The van der Waals surface area contributed by atoms with E-state index in [9.17, 15) is 29.1 Å². The minimum Gasteiger partial charge on any atom is -0.508 e. The molecule has 0 bridgehead atoms. The molecule has 57 heavy (non-hydrogen) atoms. The summed E-state index contributed by atoms with van der Waals surface area (Å²) < 4.78 is 0. The number of benzene rings is 3. The Bertz CT molecular complexity index is 2010. The number of carbonyl (C=O) groups excluding carboxylic acids is 5. The van der Waals surface area contributed by atoms with Crippen LogP contribution in [0.2, 0.25) is 0 Å². The molecule has 3 unspecified atom stereocenters. The van der Waals surface area contributed by atoms with Gasteiger partial charge in [0.2, 0.25) is 29.5 Å². The summed E-state index contributed by atoms with van der Waals surface area (Å²) in [4.78, 5) is 73.6. The summed E-state index contributed by atoms with van der Waals surface area (Å²) in [5.74, 6) is -2.64. The van der Waals surface area contributed by atoms with Crippen LogP contribution < -0.4 is 27.4 Å². The number of hydrogen-bond donors (Lipinski definition) is 7. The first-order valence-electron chi connectivity index (χ1n) is 20.0. The zero-order chi connectivity index (χ0) is 41.1. The number of nitrogens with zero attached hydrogens (tertiary/aromatic N) is 1. The molecule has 13 nitrogen and oxygen atoms in total. The topological polar surface area (TPSA) is 213 Å². The van der Waals surface area contributed by atoms with E-state index < -0.39 is 59.7 Å². The summed E-state index contributed by atoms with van der Waals surface area (Å²) in [6.07, 6.45) is 7.32. The number of aromatic nitrogens is 1. The van der Waals surface area contributed by atoms with E-state index in [1.54, 1.807) is 18.3 Å². The van der Waals surface area contributed by atoms with Crippen molar-refractivity contribution in [1.82, 2.24) is 25.8 Å². The van der Waals surface area contributed by atoms with Gasteiger partial charge in [0.05, 0.1) is 6.04 Å². The average Bonchev–Trinajstić information content (AvgIpc) is 3.85. The number of unbranched alkanes of at least 4 members (excludes halogenated alkanes) is 3. The van der Waals surface area contributed by atoms with Crippen molar-refractivity contribution in [3.63, 3.8) is 0 Å². The molecular weight excluding hydrogens is 723 g/mol. The van der Waals surface area contributed by atoms with Crippen LogP contribution in [0, 0.1) is 13.8 Å². The van der Waals surface area contributed by atoms with Crippen LogP contribution in [0.15, 0.2) is 72.9 Å². The molecule has 13 heteroatoms. The molecule has 2 heterocycles. The minimum absolute atomic E-state index is 0.0906. The Labute approximate surface area is 334 Å².